The first-order chi connectivity index (χ1) is 6.33. The predicted octanol–water partition coefficient (Wildman–Crippen LogP) is 3.17. The Kier molecular flexibility index (Phi) is 4.03. The van der Waals surface area contributed by atoms with Crippen LogP contribution in [0.4, 0.5) is 4.39 Å². The minimum Gasteiger partial charge on any atom is -0.489 e. The van der Waals surface area contributed by atoms with Crippen LogP contribution in [0.1, 0.15) is 13.3 Å². The van der Waals surface area contributed by atoms with Gasteiger partial charge in [0.05, 0.1) is 0 Å². The van der Waals surface area contributed by atoms with Gasteiger partial charge in [0.2, 0.25) is 0 Å². The molecular formula is C11H13FO. The van der Waals surface area contributed by atoms with Gasteiger partial charge in [-0.1, -0.05) is 25.1 Å². The van der Waals surface area contributed by atoms with E-state index in [-0.39, 0.29) is 5.82 Å². The lowest BCUT2D eigenvalue weighted by Crippen LogP contribution is -1.93. The van der Waals surface area contributed by atoms with E-state index in [1.165, 1.54) is 12.1 Å². The van der Waals surface area contributed by atoms with E-state index in [4.69, 9.17) is 4.74 Å². The Morgan fingerprint density at radius 3 is 2.92 bits per heavy atom. The molecule has 0 atom stereocenters. The molecule has 1 aromatic carbocycles. The smallest absolute Gasteiger partial charge is 0.126 e. The first-order valence-corrected chi connectivity index (χ1v) is 4.36. The first-order valence-electron chi connectivity index (χ1n) is 4.36. The van der Waals surface area contributed by atoms with Crippen molar-refractivity contribution < 1.29 is 9.13 Å². The quantitative estimate of drug-likeness (QED) is 0.646. The minimum absolute atomic E-state index is 0.267. The summed E-state index contributed by atoms with van der Waals surface area (Å²) in [6.45, 7) is 2.55. The third-order valence-electron chi connectivity index (χ3n) is 1.54. The van der Waals surface area contributed by atoms with Crippen LogP contribution in [0.25, 0.3) is 0 Å². The van der Waals surface area contributed by atoms with Gasteiger partial charge in [0.25, 0.3) is 0 Å². The minimum atomic E-state index is -0.267. The van der Waals surface area contributed by atoms with Crippen molar-refractivity contribution in [3.8, 4) is 5.75 Å². The molecule has 13 heavy (non-hydrogen) atoms. The molecule has 2 heteroatoms. The summed E-state index contributed by atoms with van der Waals surface area (Å²) in [5.41, 5.74) is 0. The van der Waals surface area contributed by atoms with E-state index < -0.39 is 0 Å². The molecule has 0 spiro atoms. The maximum atomic E-state index is 12.6. The second-order valence-electron chi connectivity index (χ2n) is 2.65. The molecule has 0 N–H and O–H groups in total. The third-order valence-corrected chi connectivity index (χ3v) is 1.54. The molecule has 70 valence electrons. The van der Waals surface area contributed by atoms with Crippen LogP contribution in [0.3, 0.4) is 0 Å². The Morgan fingerprint density at radius 2 is 2.23 bits per heavy atom. The summed E-state index contributed by atoms with van der Waals surface area (Å²) in [6, 6.07) is 6.14. The Balaban J connectivity index is 2.41. The van der Waals surface area contributed by atoms with Gasteiger partial charge < -0.3 is 4.74 Å². The van der Waals surface area contributed by atoms with Gasteiger partial charge in [0.15, 0.2) is 0 Å². The molecule has 0 amide bonds. The number of halogens is 1. The molecule has 0 fully saturated rings. The average Bonchev–Trinajstić information content (AvgIpc) is 2.13. The van der Waals surface area contributed by atoms with Crippen molar-refractivity contribution in [2.75, 3.05) is 6.61 Å². The van der Waals surface area contributed by atoms with Crippen LogP contribution in [0.2, 0.25) is 0 Å². The molecule has 0 aliphatic carbocycles. The molecule has 0 heterocycles. The van der Waals surface area contributed by atoms with Crippen LogP contribution in [-0.2, 0) is 0 Å². The zero-order chi connectivity index (χ0) is 9.52. The van der Waals surface area contributed by atoms with Crippen molar-refractivity contribution in [3.63, 3.8) is 0 Å². The predicted molar refractivity (Wildman–Crippen MR) is 51.3 cm³/mol. The molecular weight excluding hydrogens is 167 g/mol. The third kappa shape index (κ3) is 3.74. The van der Waals surface area contributed by atoms with Gasteiger partial charge in [0.1, 0.15) is 18.2 Å². The summed E-state index contributed by atoms with van der Waals surface area (Å²) in [6.07, 6.45) is 4.93. The highest BCUT2D eigenvalue weighted by atomic mass is 19.1. The summed E-state index contributed by atoms with van der Waals surface area (Å²) < 4.78 is 17.9. The van der Waals surface area contributed by atoms with E-state index in [2.05, 4.69) is 6.92 Å². The fraction of sp³-hybridized carbons (Fsp3) is 0.273. The van der Waals surface area contributed by atoms with E-state index in [1.54, 1.807) is 12.1 Å². The Hall–Kier alpha value is -1.31. The molecule has 1 nitrogen and oxygen atoms in total. The van der Waals surface area contributed by atoms with Crippen LogP contribution < -0.4 is 4.74 Å². The average molecular weight is 180 g/mol. The van der Waals surface area contributed by atoms with Crippen LogP contribution in [0, 0.1) is 5.82 Å². The van der Waals surface area contributed by atoms with Crippen LogP contribution in [-0.4, -0.2) is 6.61 Å². The molecule has 0 saturated heterocycles. The van der Waals surface area contributed by atoms with Gasteiger partial charge in [-0.3, -0.25) is 0 Å². The van der Waals surface area contributed by atoms with E-state index in [1.807, 2.05) is 12.2 Å². The number of benzene rings is 1. The van der Waals surface area contributed by atoms with Gasteiger partial charge in [-0.15, -0.1) is 0 Å². The van der Waals surface area contributed by atoms with Gasteiger partial charge in [-0.25, -0.2) is 4.39 Å². The fourth-order valence-corrected chi connectivity index (χ4v) is 0.936. The van der Waals surface area contributed by atoms with Gasteiger partial charge in [-0.05, 0) is 18.6 Å². The number of hydrogen-bond acceptors (Lipinski definition) is 1. The van der Waals surface area contributed by atoms with Crippen LogP contribution >= 0.6 is 0 Å². The Morgan fingerprint density at radius 1 is 1.38 bits per heavy atom. The zero-order valence-electron chi connectivity index (χ0n) is 7.66. The molecule has 0 bridgehead atoms. The lowest BCUT2D eigenvalue weighted by Gasteiger charge is -2.01. The number of allylic oxidation sites excluding steroid dienone is 1. The van der Waals surface area contributed by atoms with Crippen LogP contribution in [0.15, 0.2) is 36.4 Å². The number of rotatable bonds is 4. The molecule has 0 aliphatic rings. The second-order valence-corrected chi connectivity index (χ2v) is 2.65. The number of hydrogen-bond donors (Lipinski definition) is 0. The topological polar surface area (TPSA) is 9.23 Å². The van der Waals surface area contributed by atoms with Gasteiger partial charge in [0, 0.05) is 6.07 Å². The highest BCUT2D eigenvalue weighted by Crippen LogP contribution is 2.11. The maximum Gasteiger partial charge on any atom is 0.126 e. The first kappa shape index (κ1) is 9.78. The van der Waals surface area contributed by atoms with Crippen molar-refractivity contribution in [2.24, 2.45) is 0 Å². The van der Waals surface area contributed by atoms with Crippen molar-refractivity contribution in [1.29, 1.82) is 0 Å². The molecule has 0 aromatic heterocycles. The van der Waals surface area contributed by atoms with Crippen molar-refractivity contribution in [2.45, 2.75) is 13.3 Å². The highest BCUT2D eigenvalue weighted by Gasteiger charge is 1.92. The van der Waals surface area contributed by atoms with E-state index in [0.29, 0.717) is 12.4 Å². The second kappa shape index (κ2) is 5.36. The van der Waals surface area contributed by atoms with E-state index in [0.717, 1.165) is 6.42 Å². The zero-order valence-corrected chi connectivity index (χ0v) is 7.66. The van der Waals surface area contributed by atoms with Crippen molar-refractivity contribution in [1.82, 2.24) is 0 Å². The van der Waals surface area contributed by atoms with Gasteiger partial charge in [-0.2, -0.15) is 0 Å². The van der Waals surface area contributed by atoms with Crippen molar-refractivity contribution >= 4 is 0 Å². The molecule has 0 unspecified atom stereocenters. The van der Waals surface area contributed by atoms with Crippen molar-refractivity contribution in [3.05, 3.63) is 42.2 Å². The number of ether oxygens (including phenoxy) is 1. The largest absolute Gasteiger partial charge is 0.489 e. The molecule has 0 aliphatic heterocycles. The molecule has 0 radical (unpaired) electrons. The molecule has 1 aromatic rings. The van der Waals surface area contributed by atoms with E-state index in [9.17, 15) is 4.39 Å². The van der Waals surface area contributed by atoms with E-state index >= 15 is 0 Å². The summed E-state index contributed by atoms with van der Waals surface area (Å²) in [7, 11) is 0. The highest BCUT2D eigenvalue weighted by molar-refractivity contribution is 5.22. The van der Waals surface area contributed by atoms with Gasteiger partial charge >= 0.3 is 0 Å². The lowest BCUT2D eigenvalue weighted by atomic mass is 10.3. The van der Waals surface area contributed by atoms with Crippen LogP contribution in [0.5, 0.6) is 5.75 Å². The molecule has 0 saturated carbocycles. The standard InChI is InChI=1S/C11H13FO/c1-2-3-4-8-13-11-7-5-6-10(12)9-11/h3-7,9H,2,8H2,1H3/b4-3+. The maximum absolute atomic E-state index is 12.6. The molecule has 1 rings (SSSR count). The summed E-state index contributed by atoms with van der Waals surface area (Å²) >= 11 is 0. The fourth-order valence-electron chi connectivity index (χ4n) is 0.936. The Bertz CT molecular complexity index is 281. The summed E-state index contributed by atoms with van der Waals surface area (Å²) in [5, 5.41) is 0. The normalized spacial score (nSPS) is 10.6. The SMILES string of the molecule is CC/C=C/COc1cccc(F)c1. The lowest BCUT2D eigenvalue weighted by molar-refractivity contribution is 0.360. The summed E-state index contributed by atoms with van der Waals surface area (Å²) in [5.74, 6) is 0.303. The monoisotopic (exact) mass is 180 g/mol. The Labute approximate surface area is 77.8 Å². The summed E-state index contributed by atoms with van der Waals surface area (Å²) in [4.78, 5) is 0.